The summed E-state index contributed by atoms with van der Waals surface area (Å²) in [6.45, 7) is 7.46. The molecule has 1 aromatic carbocycles. The molecule has 0 fully saturated rings. The predicted molar refractivity (Wildman–Crippen MR) is 115 cm³/mol. The van der Waals surface area contributed by atoms with Gasteiger partial charge >= 0.3 is 0 Å². The molecule has 2 amide bonds. The standard InChI is InChI=1S/C23H33N3O3/c1-6-19(3)26(23(28)20-11-9-18(2)10-12-20)17-22(27)25(14-15-29-5)16-21-8-7-13-24(21)4/h7-13,19H,6,14-17H2,1-5H3/t19-/m0/s1. The van der Waals surface area contributed by atoms with Crippen LogP contribution >= 0.6 is 0 Å². The summed E-state index contributed by atoms with van der Waals surface area (Å²) >= 11 is 0. The van der Waals surface area contributed by atoms with E-state index in [1.54, 1.807) is 16.9 Å². The van der Waals surface area contributed by atoms with Gasteiger partial charge in [-0.25, -0.2) is 0 Å². The third kappa shape index (κ3) is 6.19. The highest BCUT2D eigenvalue weighted by molar-refractivity contribution is 5.96. The van der Waals surface area contributed by atoms with Crippen molar-refractivity contribution < 1.29 is 14.3 Å². The molecule has 1 heterocycles. The van der Waals surface area contributed by atoms with Gasteiger partial charge < -0.3 is 19.1 Å². The topological polar surface area (TPSA) is 54.8 Å². The van der Waals surface area contributed by atoms with Gasteiger partial charge in [-0.3, -0.25) is 9.59 Å². The van der Waals surface area contributed by atoms with E-state index in [0.717, 1.165) is 17.7 Å². The summed E-state index contributed by atoms with van der Waals surface area (Å²) in [5.74, 6) is -0.192. The quantitative estimate of drug-likeness (QED) is 0.616. The number of amides is 2. The van der Waals surface area contributed by atoms with Gasteiger partial charge in [0.15, 0.2) is 0 Å². The maximum Gasteiger partial charge on any atom is 0.254 e. The van der Waals surface area contributed by atoms with Crippen molar-refractivity contribution in [1.82, 2.24) is 14.4 Å². The highest BCUT2D eigenvalue weighted by Crippen LogP contribution is 2.14. The lowest BCUT2D eigenvalue weighted by Gasteiger charge is -2.31. The fourth-order valence-electron chi connectivity index (χ4n) is 3.11. The lowest BCUT2D eigenvalue weighted by Crippen LogP contribution is -2.47. The molecule has 1 atom stereocenters. The van der Waals surface area contributed by atoms with Crippen molar-refractivity contribution in [2.45, 2.75) is 39.8 Å². The van der Waals surface area contributed by atoms with Gasteiger partial charge in [0.05, 0.1) is 13.2 Å². The van der Waals surface area contributed by atoms with E-state index in [1.807, 2.05) is 75.0 Å². The van der Waals surface area contributed by atoms with Crippen LogP contribution in [0, 0.1) is 6.92 Å². The molecule has 2 rings (SSSR count). The molecular formula is C23H33N3O3. The normalized spacial score (nSPS) is 11.9. The van der Waals surface area contributed by atoms with Crippen LogP contribution in [0.2, 0.25) is 0 Å². The van der Waals surface area contributed by atoms with Gasteiger partial charge in [-0.1, -0.05) is 24.6 Å². The number of benzene rings is 1. The zero-order valence-corrected chi connectivity index (χ0v) is 18.2. The Morgan fingerprint density at radius 2 is 1.86 bits per heavy atom. The summed E-state index contributed by atoms with van der Waals surface area (Å²) in [5.41, 5.74) is 2.74. The number of nitrogens with zero attached hydrogens (tertiary/aromatic N) is 3. The summed E-state index contributed by atoms with van der Waals surface area (Å²) in [5, 5.41) is 0. The second-order valence-corrected chi connectivity index (χ2v) is 7.47. The van der Waals surface area contributed by atoms with Crippen LogP contribution < -0.4 is 0 Å². The van der Waals surface area contributed by atoms with Gasteiger partial charge in [0.2, 0.25) is 5.91 Å². The van der Waals surface area contributed by atoms with Gasteiger partial charge in [-0.2, -0.15) is 0 Å². The highest BCUT2D eigenvalue weighted by atomic mass is 16.5. The molecule has 6 heteroatoms. The second-order valence-electron chi connectivity index (χ2n) is 7.47. The van der Waals surface area contributed by atoms with Crippen molar-refractivity contribution in [2.75, 3.05) is 26.8 Å². The molecule has 0 radical (unpaired) electrons. The number of hydrogen-bond donors (Lipinski definition) is 0. The van der Waals surface area contributed by atoms with E-state index in [1.165, 1.54) is 0 Å². The Hall–Kier alpha value is -2.60. The van der Waals surface area contributed by atoms with E-state index in [-0.39, 0.29) is 24.4 Å². The number of aromatic nitrogens is 1. The van der Waals surface area contributed by atoms with E-state index in [4.69, 9.17) is 4.74 Å². The van der Waals surface area contributed by atoms with Crippen LogP contribution in [0.3, 0.4) is 0 Å². The lowest BCUT2D eigenvalue weighted by atomic mass is 10.1. The predicted octanol–water partition coefficient (Wildman–Crippen LogP) is 3.25. The summed E-state index contributed by atoms with van der Waals surface area (Å²) < 4.78 is 7.19. The lowest BCUT2D eigenvalue weighted by molar-refractivity contribution is -0.133. The number of carbonyl (C=O) groups excluding carboxylic acids is 2. The molecule has 6 nitrogen and oxygen atoms in total. The molecule has 0 aliphatic carbocycles. The van der Waals surface area contributed by atoms with Crippen LogP contribution in [0.1, 0.15) is 41.9 Å². The first-order valence-electron chi connectivity index (χ1n) is 10.1. The molecule has 0 bridgehead atoms. The van der Waals surface area contributed by atoms with Gasteiger partial charge in [0.25, 0.3) is 5.91 Å². The number of aryl methyl sites for hydroxylation is 2. The number of methoxy groups -OCH3 is 1. The van der Waals surface area contributed by atoms with Crippen LogP contribution in [0.4, 0.5) is 0 Å². The molecule has 0 saturated heterocycles. The Morgan fingerprint density at radius 1 is 1.17 bits per heavy atom. The minimum absolute atomic E-state index is 0.0351. The summed E-state index contributed by atoms with van der Waals surface area (Å²) in [4.78, 5) is 29.7. The average Bonchev–Trinajstić information content (AvgIpc) is 3.13. The van der Waals surface area contributed by atoms with Gasteiger partial charge in [-0.05, 0) is 44.5 Å². The molecule has 0 unspecified atom stereocenters. The Labute approximate surface area is 174 Å². The Kier molecular flexibility index (Phi) is 8.46. The Morgan fingerprint density at radius 3 is 2.41 bits per heavy atom. The zero-order valence-electron chi connectivity index (χ0n) is 18.2. The zero-order chi connectivity index (χ0) is 21.4. The van der Waals surface area contributed by atoms with E-state index >= 15 is 0 Å². The number of ether oxygens (including phenoxy) is 1. The molecule has 29 heavy (non-hydrogen) atoms. The fourth-order valence-corrected chi connectivity index (χ4v) is 3.11. The monoisotopic (exact) mass is 399 g/mol. The smallest absolute Gasteiger partial charge is 0.254 e. The molecule has 2 aromatic rings. The molecular weight excluding hydrogens is 366 g/mol. The number of carbonyl (C=O) groups is 2. The number of rotatable bonds is 10. The minimum Gasteiger partial charge on any atom is -0.383 e. The van der Waals surface area contributed by atoms with Crippen LogP contribution in [0.15, 0.2) is 42.6 Å². The Bertz CT molecular complexity index is 798. The molecule has 0 aliphatic heterocycles. The van der Waals surface area contributed by atoms with E-state index in [2.05, 4.69) is 0 Å². The van der Waals surface area contributed by atoms with Crippen LogP contribution in [-0.4, -0.2) is 59.0 Å². The van der Waals surface area contributed by atoms with Crippen molar-refractivity contribution in [1.29, 1.82) is 0 Å². The van der Waals surface area contributed by atoms with Crippen LogP contribution in [-0.2, 0) is 23.1 Å². The van der Waals surface area contributed by atoms with Gasteiger partial charge in [0, 0.05) is 44.2 Å². The average molecular weight is 400 g/mol. The molecule has 158 valence electrons. The van der Waals surface area contributed by atoms with Crippen molar-refractivity contribution in [2.24, 2.45) is 7.05 Å². The SMILES string of the molecule is CC[C@H](C)N(CC(=O)N(CCOC)Cc1cccn1C)C(=O)c1ccc(C)cc1. The summed E-state index contributed by atoms with van der Waals surface area (Å²) in [6.07, 6.45) is 2.74. The Balaban J connectivity index is 2.19. The third-order valence-electron chi connectivity index (χ3n) is 5.31. The van der Waals surface area contributed by atoms with Gasteiger partial charge in [-0.15, -0.1) is 0 Å². The summed E-state index contributed by atoms with van der Waals surface area (Å²) in [6, 6.07) is 11.4. The minimum atomic E-state index is -0.113. The molecule has 0 spiro atoms. The van der Waals surface area contributed by atoms with Crippen LogP contribution in [0.5, 0.6) is 0 Å². The maximum atomic E-state index is 13.2. The van der Waals surface area contributed by atoms with E-state index in [0.29, 0.717) is 25.3 Å². The molecule has 0 saturated carbocycles. The molecule has 0 N–H and O–H groups in total. The number of hydrogen-bond acceptors (Lipinski definition) is 3. The third-order valence-corrected chi connectivity index (χ3v) is 5.31. The first kappa shape index (κ1) is 22.7. The fraction of sp³-hybridized carbons (Fsp3) is 0.478. The summed E-state index contributed by atoms with van der Waals surface area (Å²) in [7, 11) is 3.58. The van der Waals surface area contributed by atoms with Crippen molar-refractivity contribution in [3.05, 3.63) is 59.4 Å². The first-order valence-corrected chi connectivity index (χ1v) is 10.1. The van der Waals surface area contributed by atoms with Gasteiger partial charge in [0.1, 0.15) is 6.54 Å². The largest absolute Gasteiger partial charge is 0.383 e. The van der Waals surface area contributed by atoms with Crippen molar-refractivity contribution in [3.63, 3.8) is 0 Å². The second kappa shape index (κ2) is 10.8. The first-order chi connectivity index (χ1) is 13.9. The molecule has 1 aromatic heterocycles. The van der Waals surface area contributed by atoms with Crippen molar-refractivity contribution >= 4 is 11.8 Å². The maximum absolute atomic E-state index is 13.2. The van der Waals surface area contributed by atoms with Crippen LogP contribution in [0.25, 0.3) is 0 Å². The van der Waals surface area contributed by atoms with E-state index < -0.39 is 0 Å². The van der Waals surface area contributed by atoms with Crippen molar-refractivity contribution in [3.8, 4) is 0 Å². The van der Waals surface area contributed by atoms with E-state index in [9.17, 15) is 9.59 Å². The molecule has 0 aliphatic rings. The highest BCUT2D eigenvalue weighted by Gasteiger charge is 2.26.